The summed E-state index contributed by atoms with van der Waals surface area (Å²) in [5, 5.41) is 17.6. The lowest BCUT2D eigenvalue weighted by Gasteiger charge is -2.19. The van der Waals surface area contributed by atoms with Gasteiger partial charge < -0.3 is 10.0 Å². The molecule has 0 spiro atoms. The second kappa shape index (κ2) is 6.67. The molecule has 0 heterocycles. The summed E-state index contributed by atoms with van der Waals surface area (Å²) in [5.41, 5.74) is 1.54. The smallest absolute Gasteiger partial charge is 0.328 e. The van der Waals surface area contributed by atoms with Gasteiger partial charge in [-0.3, -0.25) is 0 Å². The maximum absolute atomic E-state index is 10.4. The predicted octanol–water partition coefficient (Wildman–Crippen LogP) is 2.79. The van der Waals surface area contributed by atoms with E-state index in [0.29, 0.717) is 18.0 Å². The maximum atomic E-state index is 10.4. The van der Waals surface area contributed by atoms with Gasteiger partial charge in [0.05, 0.1) is 23.2 Å². The zero-order chi connectivity index (χ0) is 13.5. The Bertz CT molecular complexity index is 506. The minimum Gasteiger partial charge on any atom is -0.478 e. The van der Waals surface area contributed by atoms with Gasteiger partial charge in [-0.15, -0.1) is 0 Å². The fourth-order valence-corrected chi connectivity index (χ4v) is 1.78. The lowest BCUT2D eigenvalue weighted by molar-refractivity contribution is -0.131. The normalized spacial score (nSPS) is 10.3. The van der Waals surface area contributed by atoms with Crippen LogP contribution in [-0.4, -0.2) is 24.7 Å². The van der Waals surface area contributed by atoms with E-state index in [1.54, 1.807) is 18.2 Å². The molecule has 5 heteroatoms. The van der Waals surface area contributed by atoms with E-state index in [4.69, 9.17) is 22.0 Å². The lowest BCUT2D eigenvalue weighted by Crippen LogP contribution is -2.18. The van der Waals surface area contributed by atoms with Gasteiger partial charge >= 0.3 is 5.97 Å². The van der Waals surface area contributed by atoms with E-state index in [-0.39, 0.29) is 0 Å². The van der Waals surface area contributed by atoms with Crippen molar-refractivity contribution in [1.82, 2.24) is 0 Å². The molecular formula is C13H13ClN2O2. The Morgan fingerprint density at radius 2 is 2.33 bits per heavy atom. The Morgan fingerprint density at radius 3 is 2.89 bits per heavy atom. The topological polar surface area (TPSA) is 64.3 Å². The van der Waals surface area contributed by atoms with E-state index < -0.39 is 5.97 Å². The first-order valence-electron chi connectivity index (χ1n) is 5.33. The minimum atomic E-state index is -0.999. The Kier molecular flexibility index (Phi) is 5.22. The van der Waals surface area contributed by atoms with Gasteiger partial charge in [-0.1, -0.05) is 17.7 Å². The molecule has 1 aromatic carbocycles. The molecule has 0 aliphatic rings. The van der Waals surface area contributed by atoms with E-state index >= 15 is 0 Å². The second-order valence-corrected chi connectivity index (χ2v) is 4.12. The molecule has 0 aromatic heterocycles. The second-order valence-electron chi connectivity index (χ2n) is 3.71. The van der Waals surface area contributed by atoms with Crippen LogP contribution in [0.25, 0.3) is 6.08 Å². The van der Waals surface area contributed by atoms with Gasteiger partial charge in [0.15, 0.2) is 0 Å². The summed E-state index contributed by atoms with van der Waals surface area (Å²) in [5.74, 6) is -0.999. The first kappa shape index (κ1) is 14.1. The van der Waals surface area contributed by atoms with Crippen molar-refractivity contribution in [3.05, 3.63) is 34.9 Å². The van der Waals surface area contributed by atoms with Crippen LogP contribution in [0.3, 0.4) is 0 Å². The van der Waals surface area contributed by atoms with Gasteiger partial charge in [-0.25, -0.2) is 4.79 Å². The van der Waals surface area contributed by atoms with E-state index in [1.807, 2.05) is 11.9 Å². The number of hydrogen-bond donors (Lipinski definition) is 1. The number of rotatable bonds is 5. The zero-order valence-electron chi connectivity index (χ0n) is 9.93. The molecular weight excluding hydrogens is 252 g/mol. The van der Waals surface area contributed by atoms with Crippen molar-refractivity contribution in [2.45, 2.75) is 6.42 Å². The molecule has 0 saturated carbocycles. The van der Waals surface area contributed by atoms with Gasteiger partial charge in [0.25, 0.3) is 0 Å². The summed E-state index contributed by atoms with van der Waals surface area (Å²) in [6, 6.07) is 7.35. The fraction of sp³-hybridized carbons (Fsp3) is 0.231. The Morgan fingerprint density at radius 1 is 1.61 bits per heavy atom. The first-order valence-corrected chi connectivity index (χ1v) is 5.71. The van der Waals surface area contributed by atoms with E-state index in [9.17, 15) is 4.79 Å². The number of nitriles is 1. The van der Waals surface area contributed by atoms with Crippen LogP contribution in [0.4, 0.5) is 5.69 Å². The summed E-state index contributed by atoms with van der Waals surface area (Å²) >= 11 is 6.11. The molecule has 1 N–H and O–H groups in total. The Hall–Kier alpha value is -1.99. The number of carbonyl (C=O) groups is 1. The molecule has 1 aromatic rings. The number of benzene rings is 1. The standard InChI is InChI=1S/C13H13ClN2O2/c1-16(8-2-7-15)12-5-3-10(9-11(12)14)4-6-13(17)18/h3-6,9H,2,8H2,1H3,(H,17,18)/b6-4+. The first-order chi connectivity index (χ1) is 8.54. The molecule has 0 amide bonds. The number of carboxylic acids is 1. The number of anilines is 1. The highest BCUT2D eigenvalue weighted by molar-refractivity contribution is 6.33. The summed E-state index contributed by atoms with van der Waals surface area (Å²) in [6.07, 6.45) is 2.96. The van der Waals surface area contributed by atoms with Crippen molar-refractivity contribution in [2.24, 2.45) is 0 Å². The van der Waals surface area contributed by atoms with Gasteiger partial charge in [0.1, 0.15) is 0 Å². The molecule has 0 bridgehead atoms. The molecule has 0 saturated heterocycles. The highest BCUT2D eigenvalue weighted by atomic mass is 35.5. The van der Waals surface area contributed by atoms with Crippen LogP contribution in [0.5, 0.6) is 0 Å². The Balaban J connectivity index is 2.86. The number of halogens is 1. The SMILES string of the molecule is CN(CCC#N)c1ccc(/C=C/C(=O)O)cc1Cl. The van der Waals surface area contributed by atoms with Crippen molar-refractivity contribution in [3.8, 4) is 6.07 Å². The van der Waals surface area contributed by atoms with Crippen LogP contribution in [0.2, 0.25) is 5.02 Å². The number of carboxylic acid groups (broad SMARTS) is 1. The number of aliphatic carboxylic acids is 1. The quantitative estimate of drug-likeness (QED) is 0.831. The van der Waals surface area contributed by atoms with Gasteiger partial charge in [0.2, 0.25) is 0 Å². The summed E-state index contributed by atoms with van der Waals surface area (Å²) in [4.78, 5) is 12.3. The highest BCUT2D eigenvalue weighted by Gasteiger charge is 2.06. The van der Waals surface area contributed by atoms with Crippen LogP contribution in [0.15, 0.2) is 24.3 Å². The van der Waals surface area contributed by atoms with Crippen molar-refractivity contribution >= 4 is 29.3 Å². The average Bonchev–Trinajstić information content (AvgIpc) is 2.33. The van der Waals surface area contributed by atoms with E-state index in [2.05, 4.69) is 6.07 Å². The third-order valence-electron chi connectivity index (χ3n) is 2.36. The van der Waals surface area contributed by atoms with Gasteiger partial charge in [-0.2, -0.15) is 5.26 Å². The summed E-state index contributed by atoms with van der Waals surface area (Å²) < 4.78 is 0. The van der Waals surface area contributed by atoms with Gasteiger partial charge in [0, 0.05) is 19.7 Å². The molecule has 94 valence electrons. The largest absolute Gasteiger partial charge is 0.478 e. The predicted molar refractivity (Wildman–Crippen MR) is 71.6 cm³/mol. The maximum Gasteiger partial charge on any atom is 0.328 e. The highest BCUT2D eigenvalue weighted by Crippen LogP contribution is 2.26. The molecule has 0 aliphatic carbocycles. The van der Waals surface area contributed by atoms with Crippen molar-refractivity contribution in [2.75, 3.05) is 18.5 Å². The van der Waals surface area contributed by atoms with E-state index in [1.165, 1.54) is 6.08 Å². The molecule has 1 rings (SSSR count). The molecule has 0 unspecified atom stereocenters. The van der Waals surface area contributed by atoms with Crippen LogP contribution in [0, 0.1) is 11.3 Å². The van der Waals surface area contributed by atoms with Crippen LogP contribution in [-0.2, 0) is 4.79 Å². The van der Waals surface area contributed by atoms with Crippen LogP contribution >= 0.6 is 11.6 Å². The third kappa shape index (κ3) is 4.11. The third-order valence-corrected chi connectivity index (χ3v) is 2.66. The molecule has 0 radical (unpaired) electrons. The molecule has 4 nitrogen and oxygen atoms in total. The van der Waals surface area contributed by atoms with Crippen molar-refractivity contribution in [3.63, 3.8) is 0 Å². The molecule has 0 aliphatic heterocycles. The molecule has 18 heavy (non-hydrogen) atoms. The summed E-state index contributed by atoms with van der Waals surface area (Å²) in [7, 11) is 1.85. The van der Waals surface area contributed by atoms with Crippen molar-refractivity contribution < 1.29 is 9.90 Å². The average molecular weight is 265 g/mol. The van der Waals surface area contributed by atoms with E-state index in [0.717, 1.165) is 17.3 Å². The van der Waals surface area contributed by atoms with Crippen LogP contribution < -0.4 is 4.90 Å². The lowest BCUT2D eigenvalue weighted by atomic mass is 10.2. The number of nitrogens with zero attached hydrogens (tertiary/aromatic N) is 2. The fourth-order valence-electron chi connectivity index (χ4n) is 1.44. The van der Waals surface area contributed by atoms with Crippen molar-refractivity contribution in [1.29, 1.82) is 5.26 Å². The zero-order valence-corrected chi connectivity index (χ0v) is 10.7. The summed E-state index contributed by atoms with van der Waals surface area (Å²) in [6.45, 7) is 0.598. The minimum absolute atomic E-state index is 0.424. The monoisotopic (exact) mass is 264 g/mol. The molecule has 0 fully saturated rings. The molecule has 0 atom stereocenters. The number of hydrogen-bond acceptors (Lipinski definition) is 3. The van der Waals surface area contributed by atoms with Crippen LogP contribution in [0.1, 0.15) is 12.0 Å². The van der Waals surface area contributed by atoms with Gasteiger partial charge in [-0.05, 0) is 23.8 Å². The Labute approximate surface area is 111 Å².